The van der Waals surface area contributed by atoms with Crippen molar-refractivity contribution in [3.8, 4) is 0 Å². The molecule has 2 rings (SSSR count). The average molecular weight is 181 g/mol. The average Bonchev–Trinajstić information content (AvgIpc) is 2.27. The summed E-state index contributed by atoms with van der Waals surface area (Å²) in [5.41, 5.74) is 2.38. The van der Waals surface area contributed by atoms with Crippen LogP contribution >= 0.6 is 0 Å². The third kappa shape index (κ3) is 1.89. The van der Waals surface area contributed by atoms with Gasteiger partial charge in [0.25, 0.3) is 0 Å². The van der Waals surface area contributed by atoms with Gasteiger partial charge in [-0.3, -0.25) is 4.68 Å². The molecule has 72 valence electrons. The van der Waals surface area contributed by atoms with Gasteiger partial charge >= 0.3 is 0 Å². The number of nitrogens with one attached hydrogen (secondary N) is 1. The van der Waals surface area contributed by atoms with E-state index in [-0.39, 0.29) is 0 Å². The summed E-state index contributed by atoms with van der Waals surface area (Å²) < 4.78 is 6.93. The number of nitrogens with zero attached hydrogens (tertiary/aromatic N) is 2. The van der Waals surface area contributed by atoms with Gasteiger partial charge in [-0.05, 0) is 6.92 Å². The molecule has 1 aliphatic rings. The molecule has 1 aromatic rings. The Bertz CT molecular complexity index is 291. The molecule has 0 bridgehead atoms. The van der Waals surface area contributed by atoms with Crippen LogP contribution in [-0.4, -0.2) is 29.0 Å². The molecule has 0 unspecified atom stereocenters. The fourth-order valence-electron chi connectivity index (χ4n) is 1.43. The van der Waals surface area contributed by atoms with Gasteiger partial charge in [0, 0.05) is 25.4 Å². The number of aryl methyl sites for hydroxylation is 2. The Morgan fingerprint density at radius 1 is 1.69 bits per heavy atom. The number of ether oxygens (including phenoxy) is 1. The minimum atomic E-state index is 0.541. The molecule has 1 aliphatic heterocycles. The maximum absolute atomic E-state index is 5.08. The van der Waals surface area contributed by atoms with Crippen LogP contribution in [0.2, 0.25) is 0 Å². The van der Waals surface area contributed by atoms with E-state index in [1.807, 2.05) is 18.7 Å². The molecule has 0 amide bonds. The maximum atomic E-state index is 5.08. The third-order valence-corrected chi connectivity index (χ3v) is 2.33. The first-order valence-electron chi connectivity index (χ1n) is 4.56. The van der Waals surface area contributed by atoms with Gasteiger partial charge in [-0.2, -0.15) is 5.10 Å². The minimum Gasteiger partial charge on any atom is -0.378 e. The summed E-state index contributed by atoms with van der Waals surface area (Å²) in [5.74, 6) is 0. The van der Waals surface area contributed by atoms with Crippen LogP contribution in [0.15, 0.2) is 6.20 Å². The zero-order valence-corrected chi connectivity index (χ0v) is 8.08. The highest BCUT2D eigenvalue weighted by molar-refractivity contribution is 5.14. The van der Waals surface area contributed by atoms with Crippen LogP contribution < -0.4 is 5.32 Å². The molecule has 1 aromatic heterocycles. The Morgan fingerprint density at radius 2 is 2.46 bits per heavy atom. The standard InChI is InChI=1S/C9H15N3O/c1-7-8(4-12(2)11-7)3-10-9-5-13-6-9/h4,9-10H,3,5-6H2,1-2H3. The summed E-state index contributed by atoms with van der Waals surface area (Å²) >= 11 is 0. The first kappa shape index (κ1) is 8.72. The number of hydrogen-bond donors (Lipinski definition) is 1. The van der Waals surface area contributed by atoms with Crippen LogP contribution in [-0.2, 0) is 18.3 Å². The second-order valence-corrected chi connectivity index (χ2v) is 3.53. The van der Waals surface area contributed by atoms with Gasteiger partial charge in [-0.1, -0.05) is 0 Å². The van der Waals surface area contributed by atoms with E-state index in [0.29, 0.717) is 6.04 Å². The highest BCUT2D eigenvalue weighted by Crippen LogP contribution is 2.06. The summed E-state index contributed by atoms with van der Waals surface area (Å²) in [6, 6.07) is 0.541. The Hall–Kier alpha value is -0.870. The Morgan fingerprint density at radius 3 is 2.92 bits per heavy atom. The van der Waals surface area contributed by atoms with E-state index in [0.717, 1.165) is 25.5 Å². The molecule has 1 saturated heterocycles. The van der Waals surface area contributed by atoms with E-state index < -0.39 is 0 Å². The van der Waals surface area contributed by atoms with Crippen molar-refractivity contribution in [2.24, 2.45) is 7.05 Å². The van der Waals surface area contributed by atoms with Crippen LogP contribution in [0.1, 0.15) is 11.3 Å². The lowest BCUT2D eigenvalue weighted by Crippen LogP contribution is -2.45. The van der Waals surface area contributed by atoms with E-state index >= 15 is 0 Å². The normalized spacial score (nSPS) is 17.4. The van der Waals surface area contributed by atoms with Crippen LogP contribution in [0.25, 0.3) is 0 Å². The monoisotopic (exact) mass is 181 g/mol. The van der Waals surface area contributed by atoms with E-state index in [4.69, 9.17) is 4.74 Å². The van der Waals surface area contributed by atoms with Gasteiger partial charge in [0.1, 0.15) is 0 Å². The smallest absolute Gasteiger partial charge is 0.0643 e. The van der Waals surface area contributed by atoms with Crippen molar-refractivity contribution >= 4 is 0 Å². The van der Waals surface area contributed by atoms with Crippen molar-refractivity contribution in [1.82, 2.24) is 15.1 Å². The van der Waals surface area contributed by atoms with Gasteiger partial charge < -0.3 is 10.1 Å². The molecule has 13 heavy (non-hydrogen) atoms. The number of rotatable bonds is 3. The quantitative estimate of drug-likeness (QED) is 0.725. The van der Waals surface area contributed by atoms with Crippen molar-refractivity contribution < 1.29 is 4.74 Å². The predicted octanol–water partition coefficient (Wildman–Crippen LogP) is 0.217. The van der Waals surface area contributed by atoms with Crippen molar-refractivity contribution in [3.05, 3.63) is 17.5 Å². The van der Waals surface area contributed by atoms with Crippen LogP contribution in [0.3, 0.4) is 0 Å². The SMILES string of the molecule is Cc1nn(C)cc1CNC1COC1. The zero-order valence-electron chi connectivity index (χ0n) is 8.08. The minimum absolute atomic E-state index is 0.541. The lowest BCUT2D eigenvalue weighted by molar-refractivity contribution is -0.00580. The molecular weight excluding hydrogens is 166 g/mol. The molecule has 4 nitrogen and oxygen atoms in total. The molecule has 1 fully saturated rings. The highest BCUT2D eigenvalue weighted by atomic mass is 16.5. The Labute approximate surface area is 77.9 Å². The van der Waals surface area contributed by atoms with Gasteiger partial charge in [0.2, 0.25) is 0 Å². The molecule has 4 heteroatoms. The molecule has 1 N–H and O–H groups in total. The first-order chi connectivity index (χ1) is 6.25. The zero-order chi connectivity index (χ0) is 9.26. The van der Waals surface area contributed by atoms with E-state index in [1.54, 1.807) is 0 Å². The summed E-state index contributed by atoms with van der Waals surface area (Å²) in [6.07, 6.45) is 2.06. The first-order valence-corrected chi connectivity index (χ1v) is 4.56. The summed E-state index contributed by atoms with van der Waals surface area (Å²) in [5, 5.41) is 7.69. The molecule has 0 spiro atoms. The highest BCUT2D eigenvalue weighted by Gasteiger charge is 2.17. The second kappa shape index (κ2) is 3.47. The fourth-order valence-corrected chi connectivity index (χ4v) is 1.43. The van der Waals surface area contributed by atoms with E-state index in [1.165, 1.54) is 5.56 Å². The predicted molar refractivity (Wildman–Crippen MR) is 49.4 cm³/mol. The van der Waals surface area contributed by atoms with Gasteiger partial charge in [0.05, 0.1) is 24.9 Å². The van der Waals surface area contributed by atoms with Crippen molar-refractivity contribution in [3.63, 3.8) is 0 Å². The summed E-state index contributed by atoms with van der Waals surface area (Å²) in [6.45, 7) is 4.63. The third-order valence-electron chi connectivity index (χ3n) is 2.33. The molecule has 0 aliphatic carbocycles. The molecule has 2 heterocycles. The van der Waals surface area contributed by atoms with Gasteiger partial charge in [-0.25, -0.2) is 0 Å². The van der Waals surface area contributed by atoms with Crippen LogP contribution in [0, 0.1) is 6.92 Å². The largest absolute Gasteiger partial charge is 0.378 e. The van der Waals surface area contributed by atoms with Crippen molar-refractivity contribution in [1.29, 1.82) is 0 Å². The van der Waals surface area contributed by atoms with E-state index in [2.05, 4.69) is 16.6 Å². The molecule has 0 saturated carbocycles. The lowest BCUT2D eigenvalue weighted by atomic mass is 10.2. The van der Waals surface area contributed by atoms with Crippen LogP contribution in [0.5, 0.6) is 0 Å². The number of aromatic nitrogens is 2. The van der Waals surface area contributed by atoms with Crippen LogP contribution in [0.4, 0.5) is 0 Å². The molecule has 0 aromatic carbocycles. The summed E-state index contributed by atoms with van der Waals surface area (Å²) in [4.78, 5) is 0. The fraction of sp³-hybridized carbons (Fsp3) is 0.667. The Balaban J connectivity index is 1.89. The van der Waals surface area contributed by atoms with Crippen molar-refractivity contribution in [2.75, 3.05) is 13.2 Å². The van der Waals surface area contributed by atoms with E-state index in [9.17, 15) is 0 Å². The number of hydrogen-bond acceptors (Lipinski definition) is 3. The lowest BCUT2D eigenvalue weighted by Gasteiger charge is -2.26. The van der Waals surface area contributed by atoms with Gasteiger partial charge in [0.15, 0.2) is 0 Å². The Kier molecular flexibility index (Phi) is 2.33. The molecule has 0 radical (unpaired) electrons. The van der Waals surface area contributed by atoms with Crippen molar-refractivity contribution in [2.45, 2.75) is 19.5 Å². The topological polar surface area (TPSA) is 39.1 Å². The van der Waals surface area contributed by atoms with Gasteiger partial charge in [-0.15, -0.1) is 0 Å². The molecule has 0 atom stereocenters. The maximum Gasteiger partial charge on any atom is 0.0643 e. The summed E-state index contributed by atoms with van der Waals surface area (Å²) in [7, 11) is 1.95. The second-order valence-electron chi connectivity index (χ2n) is 3.53. The molecular formula is C9H15N3O.